The number of ether oxygens (including phenoxy) is 2. The minimum absolute atomic E-state index is 0.328. The fourth-order valence-electron chi connectivity index (χ4n) is 6.10. The van der Waals surface area contributed by atoms with Crippen molar-refractivity contribution in [3.63, 3.8) is 0 Å². The van der Waals surface area contributed by atoms with Crippen LogP contribution >= 0.6 is 11.3 Å². The maximum atomic E-state index is 11.5. The highest BCUT2D eigenvalue weighted by Crippen LogP contribution is 2.36. The summed E-state index contributed by atoms with van der Waals surface area (Å²) in [5.74, 6) is -0.224. The van der Waals surface area contributed by atoms with Gasteiger partial charge in [-0.3, -0.25) is 9.69 Å². The predicted octanol–water partition coefficient (Wildman–Crippen LogP) is 5.54. The molecule has 7 nitrogen and oxygen atoms in total. The van der Waals surface area contributed by atoms with Gasteiger partial charge < -0.3 is 19.5 Å². The fraction of sp³-hybridized carbons (Fsp3) is 0.484. The first kappa shape index (κ1) is 26.3. The van der Waals surface area contributed by atoms with Crippen molar-refractivity contribution in [2.24, 2.45) is 5.92 Å². The lowest BCUT2D eigenvalue weighted by molar-refractivity contribution is -0.141. The van der Waals surface area contributed by atoms with Crippen LogP contribution < -0.4 is 9.64 Å². The topological polar surface area (TPSA) is 75.1 Å². The molecule has 2 saturated heterocycles. The van der Waals surface area contributed by atoms with E-state index in [1.165, 1.54) is 16.7 Å². The van der Waals surface area contributed by atoms with Gasteiger partial charge in [0.2, 0.25) is 0 Å². The third kappa shape index (κ3) is 5.98. The summed E-state index contributed by atoms with van der Waals surface area (Å²) < 4.78 is 11.9. The second-order valence-electron chi connectivity index (χ2n) is 11.1. The van der Waals surface area contributed by atoms with Crippen LogP contribution in [-0.2, 0) is 29.1 Å². The molecule has 3 aliphatic rings. The first-order chi connectivity index (χ1) is 19.0. The molecule has 3 aromatic rings. The summed E-state index contributed by atoms with van der Waals surface area (Å²) in [6.45, 7) is 7.86. The molecule has 2 fully saturated rings. The normalized spacial score (nSPS) is 20.5. The minimum Gasteiger partial charge on any atom is -0.488 e. The zero-order valence-corrected chi connectivity index (χ0v) is 23.4. The highest BCUT2D eigenvalue weighted by atomic mass is 32.1. The molecular formula is C31H37N3O4S. The van der Waals surface area contributed by atoms with E-state index in [1.54, 1.807) is 11.3 Å². The van der Waals surface area contributed by atoms with Crippen LogP contribution in [0.2, 0.25) is 0 Å². The van der Waals surface area contributed by atoms with Crippen LogP contribution in [0.1, 0.15) is 47.9 Å². The average molecular weight is 548 g/mol. The fourth-order valence-corrected chi connectivity index (χ4v) is 6.96. The van der Waals surface area contributed by atoms with Crippen molar-refractivity contribution in [1.82, 2.24) is 9.88 Å². The van der Waals surface area contributed by atoms with Crippen LogP contribution in [0.3, 0.4) is 0 Å². The number of aliphatic carboxylic acids is 1. The molecule has 6 rings (SSSR count). The van der Waals surface area contributed by atoms with Gasteiger partial charge in [-0.2, -0.15) is 0 Å². The lowest BCUT2D eigenvalue weighted by Crippen LogP contribution is -2.42. The number of benzene rings is 2. The number of carboxylic acid groups (broad SMARTS) is 1. The molecule has 0 amide bonds. The van der Waals surface area contributed by atoms with Crippen LogP contribution in [0.25, 0.3) is 11.3 Å². The van der Waals surface area contributed by atoms with E-state index in [9.17, 15) is 9.90 Å². The van der Waals surface area contributed by atoms with E-state index < -0.39 is 5.97 Å². The molecule has 0 unspecified atom stereocenters. The summed E-state index contributed by atoms with van der Waals surface area (Å²) in [7, 11) is 0. The largest absolute Gasteiger partial charge is 0.488 e. The van der Waals surface area contributed by atoms with Crippen molar-refractivity contribution >= 4 is 22.4 Å². The van der Waals surface area contributed by atoms with Gasteiger partial charge in [-0.15, -0.1) is 11.3 Å². The van der Waals surface area contributed by atoms with Gasteiger partial charge in [-0.25, -0.2) is 4.98 Å². The average Bonchev–Trinajstić information content (AvgIpc) is 3.47. The van der Waals surface area contributed by atoms with Crippen LogP contribution in [-0.4, -0.2) is 59.8 Å². The summed E-state index contributed by atoms with van der Waals surface area (Å²) in [6, 6.07) is 13.7. The van der Waals surface area contributed by atoms with Crippen molar-refractivity contribution in [3.8, 4) is 17.0 Å². The van der Waals surface area contributed by atoms with Gasteiger partial charge in [0.05, 0.1) is 11.6 Å². The minimum atomic E-state index is -0.718. The molecule has 1 N–H and O–H groups in total. The summed E-state index contributed by atoms with van der Waals surface area (Å²) in [4.78, 5) is 21.2. The van der Waals surface area contributed by atoms with Crippen molar-refractivity contribution < 1.29 is 19.4 Å². The number of fused-ring (bicyclic) bond motifs is 1. The molecule has 8 heteroatoms. The number of carbonyl (C=O) groups is 1. The zero-order valence-electron chi connectivity index (χ0n) is 22.6. The van der Waals surface area contributed by atoms with Crippen molar-refractivity contribution in [2.75, 3.05) is 37.7 Å². The van der Waals surface area contributed by atoms with E-state index in [2.05, 4.69) is 52.4 Å². The smallest absolute Gasteiger partial charge is 0.308 e. The van der Waals surface area contributed by atoms with E-state index >= 15 is 0 Å². The molecule has 4 heterocycles. The lowest BCUT2D eigenvalue weighted by Gasteiger charge is -2.37. The van der Waals surface area contributed by atoms with E-state index in [0.717, 1.165) is 92.7 Å². The number of nitrogens with zero attached hydrogens (tertiary/aromatic N) is 3. The first-order valence-electron chi connectivity index (χ1n) is 14.1. The Morgan fingerprint density at radius 1 is 1.13 bits per heavy atom. The van der Waals surface area contributed by atoms with E-state index in [0.29, 0.717) is 19.2 Å². The quantitative estimate of drug-likeness (QED) is 0.417. The van der Waals surface area contributed by atoms with Crippen molar-refractivity contribution in [1.29, 1.82) is 0 Å². The maximum Gasteiger partial charge on any atom is 0.308 e. The number of thiazole rings is 1. The van der Waals surface area contributed by atoms with Crippen molar-refractivity contribution in [3.05, 3.63) is 64.0 Å². The number of aromatic nitrogens is 1. The number of hydrogen-bond acceptors (Lipinski definition) is 7. The Morgan fingerprint density at radius 3 is 2.85 bits per heavy atom. The van der Waals surface area contributed by atoms with E-state index in [1.807, 2.05) is 6.07 Å². The first-order valence-corrected chi connectivity index (χ1v) is 15.0. The number of aryl methyl sites for hydroxylation is 1. The molecule has 0 spiro atoms. The Labute approximate surface area is 234 Å². The van der Waals surface area contributed by atoms with Crippen LogP contribution in [0.4, 0.5) is 5.13 Å². The molecule has 0 aliphatic carbocycles. The van der Waals surface area contributed by atoms with Gasteiger partial charge in [-0.05, 0) is 67.9 Å². The highest BCUT2D eigenvalue weighted by Gasteiger charge is 2.28. The number of rotatable bonds is 7. The van der Waals surface area contributed by atoms with Crippen LogP contribution in [0.5, 0.6) is 5.75 Å². The van der Waals surface area contributed by atoms with Gasteiger partial charge in [0.1, 0.15) is 12.4 Å². The monoisotopic (exact) mass is 547 g/mol. The standard InChI is InChI=1S/C31H37N3O4S/c1-21-4-7-29(27(15-21)28-20-39-31(32-28)34-11-2-3-25(18-34)30(35)36)38-19-22-5-6-24-17-33(12-8-23(24)16-22)26-9-13-37-14-10-26/h4-7,15-16,20,25-26H,2-3,8-14,17-19H2,1H3,(H,35,36)/t25-/m0/s1. The summed E-state index contributed by atoms with van der Waals surface area (Å²) in [6.07, 6.45) is 4.97. The zero-order chi connectivity index (χ0) is 26.8. The molecule has 206 valence electrons. The molecule has 3 aliphatic heterocycles. The number of hydrogen-bond donors (Lipinski definition) is 1. The third-order valence-corrected chi connectivity index (χ3v) is 9.26. The van der Waals surface area contributed by atoms with Crippen LogP contribution in [0, 0.1) is 12.8 Å². The Hall–Kier alpha value is -2.94. The molecule has 1 aromatic heterocycles. The summed E-state index contributed by atoms with van der Waals surface area (Å²) in [5, 5.41) is 12.4. The number of anilines is 1. The number of carboxylic acids is 1. The molecule has 0 saturated carbocycles. The Balaban J connectivity index is 1.14. The molecule has 1 atom stereocenters. The van der Waals surface area contributed by atoms with Crippen LogP contribution in [0.15, 0.2) is 41.8 Å². The third-order valence-electron chi connectivity index (χ3n) is 8.36. The van der Waals surface area contributed by atoms with Gasteiger partial charge in [0.15, 0.2) is 5.13 Å². The predicted molar refractivity (Wildman–Crippen MR) is 154 cm³/mol. The van der Waals surface area contributed by atoms with E-state index in [-0.39, 0.29) is 5.92 Å². The Kier molecular flexibility index (Phi) is 7.86. The van der Waals surface area contributed by atoms with Gasteiger partial charge in [0.25, 0.3) is 0 Å². The SMILES string of the molecule is Cc1ccc(OCc2ccc3c(c2)CCN(C2CCOCC2)C3)c(-c2csc(N3CCC[C@H](C(=O)O)C3)n2)c1. The highest BCUT2D eigenvalue weighted by molar-refractivity contribution is 7.14. The van der Waals surface area contributed by atoms with Gasteiger partial charge >= 0.3 is 5.97 Å². The summed E-state index contributed by atoms with van der Waals surface area (Å²) in [5.41, 5.74) is 7.07. The Bertz CT molecular complexity index is 1320. The molecule has 0 bridgehead atoms. The van der Waals surface area contributed by atoms with Gasteiger partial charge in [-0.1, -0.05) is 29.8 Å². The van der Waals surface area contributed by atoms with E-state index in [4.69, 9.17) is 14.5 Å². The maximum absolute atomic E-state index is 11.5. The number of piperidine rings is 1. The molecule has 0 radical (unpaired) electrons. The second-order valence-corrected chi connectivity index (χ2v) is 11.9. The molecule has 39 heavy (non-hydrogen) atoms. The molecule has 2 aromatic carbocycles. The second kappa shape index (κ2) is 11.7. The van der Waals surface area contributed by atoms with Crippen molar-refractivity contribution in [2.45, 2.75) is 58.2 Å². The Morgan fingerprint density at radius 2 is 2.00 bits per heavy atom. The molecular weight excluding hydrogens is 510 g/mol. The summed E-state index contributed by atoms with van der Waals surface area (Å²) >= 11 is 1.57. The lowest BCUT2D eigenvalue weighted by atomic mass is 9.95. The van der Waals surface area contributed by atoms with Gasteiger partial charge in [0, 0.05) is 56.4 Å².